The predicted molar refractivity (Wildman–Crippen MR) is 52.7 cm³/mol. The molecule has 0 aromatic carbocycles. The fourth-order valence-corrected chi connectivity index (χ4v) is 0.569. The molecule has 0 saturated heterocycles. The first-order valence-electron chi connectivity index (χ1n) is 3.70. The molecule has 0 amide bonds. The number of hydrogen-bond donors (Lipinski definition) is 1. The van der Waals surface area contributed by atoms with Crippen molar-refractivity contribution in [3.8, 4) is 0 Å². The van der Waals surface area contributed by atoms with E-state index in [1.807, 2.05) is 13.8 Å². The number of nitrogens with two attached hydrogens (primary N) is 1. The van der Waals surface area contributed by atoms with Crippen molar-refractivity contribution >= 4 is 19.0 Å². The van der Waals surface area contributed by atoms with Gasteiger partial charge in [0, 0.05) is 8.47 Å². The summed E-state index contributed by atoms with van der Waals surface area (Å²) in [6, 6.07) is 0. The standard InChI is InChI=1S/C5H6BN3O.C2H6.H2/c1-9-5(10)4(6)3(7)2-8-9;1-2;/h2H,7H2,1H3;1-2H3;1H. The van der Waals surface area contributed by atoms with E-state index in [9.17, 15) is 4.79 Å². The topological polar surface area (TPSA) is 60.9 Å². The van der Waals surface area contributed by atoms with E-state index in [0.29, 0.717) is 0 Å². The average Bonchev–Trinajstić information content (AvgIpc) is 2.12. The summed E-state index contributed by atoms with van der Waals surface area (Å²) in [5, 5.41) is 3.64. The first-order valence-corrected chi connectivity index (χ1v) is 3.70. The van der Waals surface area contributed by atoms with Crippen molar-refractivity contribution < 1.29 is 1.43 Å². The van der Waals surface area contributed by atoms with Crippen LogP contribution < -0.4 is 16.8 Å². The first kappa shape index (κ1) is 10.7. The minimum atomic E-state index is -0.361. The highest BCUT2D eigenvalue weighted by Crippen LogP contribution is 1.83. The summed E-state index contributed by atoms with van der Waals surface area (Å²) >= 11 is 0. The van der Waals surface area contributed by atoms with Gasteiger partial charge in [-0.3, -0.25) is 4.79 Å². The average molecular weight is 167 g/mol. The molecule has 2 radical (unpaired) electrons. The predicted octanol–water partition coefficient (Wildman–Crippen LogP) is -0.571. The highest BCUT2D eigenvalue weighted by Gasteiger charge is 1.98. The fourth-order valence-electron chi connectivity index (χ4n) is 0.569. The van der Waals surface area contributed by atoms with E-state index in [1.54, 1.807) is 0 Å². The Labute approximate surface area is 74.3 Å². The van der Waals surface area contributed by atoms with Gasteiger partial charge in [-0.15, -0.1) is 0 Å². The zero-order chi connectivity index (χ0) is 9.72. The molecule has 0 unspecified atom stereocenters. The summed E-state index contributed by atoms with van der Waals surface area (Å²) in [4.78, 5) is 10.9. The van der Waals surface area contributed by atoms with Crippen LogP contribution in [0.5, 0.6) is 0 Å². The molecule has 0 aliphatic rings. The lowest BCUT2D eigenvalue weighted by molar-refractivity contribution is 0.714. The van der Waals surface area contributed by atoms with E-state index in [4.69, 9.17) is 13.6 Å². The minimum absolute atomic E-state index is 0. The van der Waals surface area contributed by atoms with Crippen LogP contribution in [0.3, 0.4) is 0 Å². The van der Waals surface area contributed by atoms with Gasteiger partial charge in [-0.25, -0.2) is 4.68 Å². The van der Waals surface area contributed by atoms with Gasteiger partial charge in [0.1, 0.15) is 7.85 Å². The van der Waals surface area contributed by atoms with Crippen LogP contribution in [0, 0.1) is 0 Å². The summed E-state index contributed by atoms with van der Waals surface area (Å²) in [6.07, 6.45) is 1.34. The Balaban J connectivity index is 0. The molecule has 2 N–H and O–H groups in total. The van der Waals surface area contributed by atoms with Crippen LogP contribution in [-0.2, 0) is 7.05 Å². The van der Waals surface area contributed by atoms with Crippen LogP contribution in [0.2, 0.25) is 0 Å². The fraction of sp³-hybridized carbons (Fsp3) is 0.429. The van der Waals surface area contributed by atoms with Crippen molar-refractivity contribution in [2.45, 2.75) is 13.8 Å². The van der Waals surface area contributed by atoms with Gasteiger partial charge in [-0.1, -0.05) is 13.8 Å². The Kier molecular flexibility index (Phi) is 4.11. The number of nitrogen functional groups attached to an aromatic ring is 1. The lowest BCUT2D eigenvalue weighted by atomic mass is 9.97. The van der Waals surface area contributed by atoms with Crippen LogP contribution in [0.4, 0.5) is 5.69 Å². The number of hydrogen-bond acceptors (Lipinski definition) is 3. The molecule has 1 aromatic rings. The van der Waals surface area contributed by atoms with Crippen molar-refractivity contribution in [2.24, 2.45) is 7.05 Å². The van der Waals surface area contributed by atoms with Gasteiger partial charge in [-0.05, 0) is 5.46 Å². The summed E-state index contributed by atoms with van der Waals surface area (Å²) in [5.74, 6) is 0. The Morgan fingerprint density at radius 1 is 1.67 bits per heavy atom. The number of anilines is 1. The highest BCUT2D eigenvalue weighted by molar-refractivity contribution is 6.35. The lowest BCUT2D eigenvalue weighted by Crippen LogP contribution is -2.36. The van der Waals surface area contributed by atoms with Crippen LogP contribution in [0.15, 0.2) is 11.0 Å². The molecular formula is C7H14BN3O. The van der Waals surface area contributed by atoms with E-state index in [-0.39, 0.29) is 18.1 Å². The van der Waals surface area contributed by atoms with E-state index in [2.05, 4.69) is 5.10 Å². The van der Waals surface area contributed by atoms with Crippen LogP contribution in [0.1, 0.15) is 15.3 Å². The number of rotatable bonds is 0. The third-order valence-electron chi connectivity index (χ3n) is 1.21. The van der Waals surface area contributed by atoms with Crippen LogP contribution in [0.25, 0.3) is 0 Å². The first-order chi connectivity index (χ1) is 5.63. The van der Waals surface area contributed by atoms with Crippen molar-refractivity contribution in [2.75, 3.05) is 5.73 Å². The molecule has 0 fully saturated rings. The molecule has 66 valence electrons. The zero-order valence-electron chi connectivity index (χ0n) is 7.53. The lowest BCUT2D eigenvalue weighted by Gasteiger charge is -1.99. The van der Waals surface area contributed by atoms with Gasteiger partial charge < -0.3 is 5.73 Å². The Bertz CT molecular complexity index is 313. The van der Waals surface area contributed by atoms with Crippen molar-refractivity contribution in [3.05, 3.63) is 16.6 Å². The van der Waals surface area contributed by atoms with Gasteiger partial charge in [0.2, 0.25) is 0 Å². The second-order valence-electron chi connectivity index (χ2n) is 1.94. The molecular weight excluding hydrogens is 153 g/mol. The molecule has 5 heteroatoms. The molecule has 12 heavy (non-hydrogen) atoms. The highest BCUT2D eigenvalue weighted by atomic mass is 16.1. The summed E-state index contributed by atoms with van der Waals surface area (Å²) in [6.45, 7) is 4.00. The second-order valence-corrected chi connectivity index (χ2v) is 1.94. The van der Waals surface area contributed by atoms with Crippen molar-refractivity contribution in [1.29, 1.82) is 0 Å². The van der Waals surface area contributed by atoms with E-state index in [0.717, 1.165) is 4.68 Å². The smallest absolute Gasteiger partial charge is 0.261 e. The zero-order valence-corrected chi connectivity index (χ0v) is 7.53. The number of aryl methyl sites for hydroxylation is 1. The molecule has 1 heterocycles. The Morgan fingerprint density at radius 3 is 2.58 bits per heavy atom. The molecule has 0 spiro atoms. The second kappa shape index (κ2) is 4.59. The Morgan fingerprint density at radius 2 is 2.17 bits per heavy atom. The van der Waals surface area contributed by atoms with Gasteiger partial charge in [0.25, 0.3) is 5.56 Å². The molecule has 0 saturated carbocycles. The van der Waals surface area contributed by atoms with Crippen LogP contribution >= 0.6 is 0 Å². The largest absolute Gasteiger partial charge is 0.398 e. The number of nitrogens with zero attached hydrogens (tertiary/aromatic N) is 2. The summed E-state index contributed by atoms with van der Waals surface area (Å²) in [7, 11) is 6.80. The summed E-state index contributed by atoms with van der Waals surface area (Å²) in [5.41, 5.74) is 5.21. The third kappa shape index (κ3) is 2.12. The van der Waals surface area contributed by atoms with Crippen LogP contribution in [-0.4, -0.2) is 17.6 Å². The summed E-state index contributed by atoms with van der Waals surface area (Å²) < 4.78 is 1.13. The molecule has 1 aromatic heterocycles. The molecule has 1 rings (SSSR count). The molecule has 0 bridgehead atoms. The van der Waals surface area contributed by atoms with E-state index < -0.39 is 0 Å². The molecule has 0 aliphatic carbocycles. The van der Waals surface area contributed by atoms with Gasteiger partial charge in [0.15, 0.2) is 0 Å². The monoisotopic (exact) mass is 167 g/mol. The third-order valence-corrected chi connectivity index (χ3v) is 1.21. The van der Waals surface area contributed by atoms with E-state index in [1.165, 1.54) is 13.2 Å². The molecule has 0 aliphatic heterocycles. The quantitative estimate of drug-likeness (QED) is 0.526. The maximum Gasteiger partial charge on any atom is 0.261 e. The number of aromatic nitrogens is 2. The maximum absolute atomic E-state index is 10.9. The van der Waals surface area contributed by atoms with Gasteiger partial charge in [0.05, 0.1) is 11.9 Å². The maximum atomic E-state index is 10.9. The van der Waals surface area contributed by atoms with Gasteiger partial charge >= 0.3 is 0 Å². The van der Waals surface area contributed by atoms with Crippen molar-refractivity contribution in [1.82, 2.24) is 9.78 Å². The molecule has 0 atom stereocenters. The SMILES string of the molecule is CC.[B]c1c(N)cnn(C)c1=O.[HH]. The van der Waals surface area contributed by atoms with Crippen molar-refractivity contribution in [3.63, 3.8) is 0 Å². The van der Waals surface area contributed by atoms with Gasteiger partial charge in [-0.2, -0.15) is 5.10 Å². The van der Waals surface area contributed by atoms with E-state index >= 15 is 0 Å². The molecule has 4 nitrogen and oxygen atoms in total. The normalized spacial score (nSPS) is 8.58. The Hall–Kier alpha value is -1.26. The minimum Gasteiger partial charge on any atom is -0.398 e.